The number of unbranched alkanes of at least 4 members (excludes halogenated alkanes) is 1. The molecule has 0 spiro atoms. The van der Waals surface area contributed by atoms with Crippen molar-refractivity contribution in [2.24, 2.45) is 11.8 Å². The summed E-state index contributed by atoms with van der Waals surface area (Å²) in [6, 6.07) is 13.5. The Morgan fingerprint density at radius 3 is 2.68 bits per heavy atom. The van der Waals surface area contributed by atoms with Gasteiger partial charge in [-0.3, -0.25) is 9.78 Å². The number of nitrogens with zero attached hydrogens (tertiary/aromatic N) is 3. The highest BCUT2D eigenvalue weighted by Gasteiger charge is 2.21. The van der Waals surface area contributed by atoms with Crippen LogP contribution in [0.25, 0.3) is 22.2 Å². The van der Waals surface area contributed by atoms with Crippen LogP contribution in [0.4, 0.5) is 0 Å². The third-order valence-corrected chi connectivity index (χ3v) is 6.05. The van der Waals surface area contributed by atoms with Crippen molar-refractivity contribution in [2.45, 2.75) is 33.1 Å². The molecular weight excluding hydrogens is 384 g/mol. The number of carbonyl (C=O) groups excluding carboxylic acids is 1. The number of benzene rings is 1. The largest absolute Gasteiger partial charge is 0.352 e. The molecule has 1 N–H and O–H groups in total. The van der Waals surface area contributed by atoms with Crippen LogP contribution in [0.1, 0.15) is 43.5 Å². The topological polar surface area (TPSA) is 58.1 Å². The van der Waals surface area contributed by atoms with E-state index in [2.05, 4.69) is 29.0 Å². The Bertz CT molecular complexity index is 1010. The number of rotatable bonds is 7. The molecule has 1 aliphatic heterocycles. The summed E-state index contributed by atoms with van der Waals surface area (Å²) >= 11 is 0. The fraction of sp³-hybridized carbons (Fsp3) is 0.423. The van der Waals surface area contributed by atoms with Crippen LogP contribution in [0.5, 0.6) is 0 Å². The van der Waals surface area contributed by atoms with E-state index in [1.807, 2.05) is 42.5 Å². The Morgan fingerprint density at radius 1 is 1.10 bits per heavy atom. The highest BCUT2D eigenvalue weighted by atomic mass is 16.1. The van der Waals surface area contributed by atoms with E-state index in [0.29, 0.717) is 12.1 Å². The zero-order valence-electron chi connectivity index (χ0n) is 18.6. The molecular formula is C26H32N4O. The van der Waals surface area contributed by atoms with Gasteiger partial charge in [0.15, 0.2) is 0 Å². The molecule has 3 heterocycles. The van der Waals surface area contributed by atoms with Gasteiger partial charge in [-0.25, -0.2) is 4.98 Å². The van der Waals surface area contributed by atoms with Crippen LogP contribution in [0.3, 0.4) is 0 Å². The number of nitrogens with one attached hydrogen (secondary N) is 1. The Labute approximate surface area is 184 Å². The van der Waals surface area contributed by atoms with Gasteiger partial charge in [-0.1, -0.05) is 32.0 Å². The van der Waals surface area contributed by atoms with E-state index in [1.165, 1.54) is 19.5 Å². The molecule has 1 amide bonds. The van der Waals surface area contributed by atoms with Crippen molar-refractivity contribution >= 4 is 16.8 Å². The van der Waals surface area contributed by atoms with Gasteiger partial charge in [0, 0.05) is 43.0 Å². The summed E-state index contributed by atoms with van der Waals surface area (Å²) in [5, 5.41) is 4.00. The third-order valence-electron chi connectivity index (χ3n) is 6.05. The predicted molar refractivity (Wildman–Crippen MR) is 126 cm³/mol. The normalized spacial score (nSPS) is 19.4. The van der Waals surface area contributed by atoms with Crippen LogP contribution in [-0.4, -0.2) is 47.0 Å². The predicted octanol–water partition coefficient (Wildman–Crippen LogP) is 4.78. The minimum Gasteiger partial charge on any atom is -0.352 e. The van der Waals surface area contributed by atoms with Crippen molar-refractivity contribution in [3.63, 3.8) is 0 Å². The van der Waals surface area contributed by atoms with Crippen molar-refractivity contribution < 1.29 is 4.79 Å². The number of pyridine rings is 2. The minimum absolute atomic E-state index is 0.0380. The zero-order chi connectivity index (χ0) is 21.6. The van der Waals surface area contributed by atoms with Gasteiger partial charge in [0.2, 0.25) is 0 Å². The van der Waals surface area contributed by atoms with Gasteiger partial charge in [-0.05, 0) is 61.9 Å². The molecule has 5 nitrogen and oxygen atoms in total. The smallest absolute Gasteiger partial charge is 0.252 e. The number of aromatic nitrogens is 2. The van der Waals surface area contributed by atoms with Crippen LogP contribution in [0.2, 0.25) is 0 Å². The maximum absolute atomic E-state index is 13.0. The van der Waals surface area contributed by atoms with Crippen LogP contribution in [-0.2, 0) is 0 Å². The maximum Gasteiger partial charge on any atom is 0.252 e. The molecule has 4 rings (SSSR count). The van der Waals surface area contributed by atoms with Gasteiger partial charge >= 0.3 is 0 Å². The first-order valence-electron chi connectivity index (χ1n) is 11.4. The van der Waals surface area contributed by atoms with E-state index in [4.69, 9.17) is 4.98 Å². The summed E-state index contributed by atoms with van der Waals surface area (Å²) in [5.41, 5.74) is 3.17. The lowest BCUT2D eigenvalue weighted by atomic mass is 9.92. The van der Waals surface area contributed by atoms with Gasteiger partial charge in [0.25, 0.3) is 5.91 Å². The van der Waals surface area contributed by atoms with E-state index in [0.717, 1.165) is 53.4 Å². The second-order valence-electron chi connectivity index (χ2n) is 8.98. The van der Waals surface area contributed by atoms with Gasteiger partial charge in [0.05, 0.1) is 16.8 Å². The second kappa shape index (κ2) is 10.0. The highest BCUT2D eigenvalue weighted by molar-refractivity contribution is 6.07. The number of hydrogen-bond donors (Lipinski definition) is 1. The molecule has 2 atom stereocenters. The van der Waals surface area contributed by atoms with Gasteiger partial charge < -0.3 is 10.2 Å². The number of fused-ring (bicyclic) bond motifs is 1. The third kappa shape index (κ3) is 5.47. The van der Waals surface area contributed by atoms with Crippen LogP contribution in [0.15, 0.2) is 54.9 Å². The average molecular weight is 417 g/mol. The first-order valence-corrected chi connectivity index (χ1v) is 11.4. The number of carbonyl (C=O) groups is 1. The Morgan fingerprint density at radius 2 is 1.90 bits per heavy atom. The molecule has 0 radical (unpaired) electrons. The summed E-state index contributed by atoms with van der Waals surface area (Å²) in [6.07, 6.45) is 6.96. The Balaban J connectivity index is 1.38. The van der Waals surface area contributed by atoms with Gasteiger partial charge in [-0.2, -0.15) is 0 Å². The number of hydrogen-bond acceptors (Lipinski definition) is 4. The number of piperidine rings is 1. The van der Waals surface area contributed by atoms with Crippen molar-refractivity contribution in [1.29, 1.82) is 0 Å². The molecule has 2 aromatic heterocycles. The fourth-order valence-electron chi connectivity index (χ4n) is 4.76. The zero-order valence-corrected chi connectivity index (χ0v) is 18.6. The number of para-hydroxylation sites is 1. The molecule has 3 aromatic rings. The Kier molecular flexibility index (Phi) is 6.92. The molecule has 1 fully saturated rings. The summed E-state index contributed by atoms with van der Waals surface area (Å²) < 4.78 is 0. The second-order valence-corrected chi connectivity index (χ2v) is 8.98. The summed E-state index contributed by atoms with van der Waals surface area (Å²) in [4.78, 5) is 24.5. The lowest BCUT2D eigenvalue weighted by molar-refractivity contribution is 0.0953. The number of amides is 1. The fourth-order valence-corrected chi connectivity index (χ4v) is 4.76. The molecule has 5 heteroatoms. The highest BCUT2D eigenvalue weighted by Crippen LogP contribution is 2.24. The molecule has 0 aliphatic carbocycles. The molecule has 162 valence electrons. The lowest BCUT2D eigenvalue weighted by Crippen LogP contribution is -2.39. The van der Waals surface area contributed by atoms with Crippen molar-refractivity contribution in [3.8, 4) is 11.3 Å². The molecule has 0 bridgehead atoms. The van der Waals surface area contributed by atoms with Crippen molar-refractivity contribution in [1.82, 2.24) is 20.2 Å². The molecule has 2 unspecified atom stereocenters. The molecule has 0 saturated carbocycles. The number of likely N-dealkylation sites (tertiary alicyclic amines) is 1. The van der Waals surface area contributed by atoms with E-state index < -0.39 is 0 Å². The van der Waals surface area contributed by atoms with E-state index >= 15 is 0 Å². The van der Waals surface area contributed by atoms with Gasteiger partial charge in [0.1, 0.15) is 0 Å². The monoisotopic (exact) mass is 416 g/mol. The summed E-state index contributed by atoms with van der Waals surface area (Å²) in [5.74, 6) is 1.54. The minimum atomic E-state index is -0.0380. The standard InChI is InChI=1S/C26H32N4O/c1-19-14-20(2)18-30(17-19)13-6-5-12-28-26(31)23-15-25(21-8-7-11-27-16-21)29-24-10-4-3-9-22(23)24/h3-4,7-11,15-16,19-20H,5-6,12-14,17-18H2,1-2H3,(H,28,31). The molecule has 31 heavy (non-hydrogen) atoms. The van der Waals surface area contributed by atoms with Crippen LogP contribution < -0.4 is 5.32 Å². The first kappa shape index (κ1) is 21.4. The quantitative estimate of drug-likeness (QED) is 0.563. The van der Waals surface area contributed by atoms with E-state index in [-0.39, 0.29) is 5.91 Å². The summed E-state index contributed by atoms with van der Waals surface area (Å²) in [7, 11) is 0. The molecule has 1 saturated heterocycles. The Hall–Kier alpha value is -2.79. The van der Waals surface area contributed by atoms with E-state index in [9.17, 15) is 4.79 Å². The molecule has 1 aromatic carbocycles. The van der Waals surface area contributed by atoms with E-state index in [1.54, 1.807) is 12.4 Å². The summed E-state index contributed by atoms with van der Waals surface area (Å²) in [6.45, 7) is 8.92. The SMILES string of the molecule is CC1CC(C)CN(CCCCNC(=O)c2cc(-c3cccnc3)nc3ccccc23)C1. The first-order chi connectivity index (χ1) is 15.1. The van der Waals surface area contributed by atoms with Crippen LogP contribution in [0, 0.1) is 11.8 Å². The van der Waals surface area contributed by atoms with Crippen molar-refractivity contribution in [2.75, 3.05) is 26.2 Å². The maximum atomic E-state index is 13.0. The lowest BCUT2D eigenvalue weighted by Gasteiger charge is -2.34. The van der Waals surface area contributed by atoms with Gasteiger partial charge in [-0.15, -0.1) is 0 Å². The van der Waals surface area contributed by atoms with Crippen LogP contribution >= 0.6 is 0 Å². The average Bonchev–Trinajstić information content (AvgIpc) is 2.78. The molecule has 1 aliphatic rings. The van der Waals surface area contributed by atoms with Crippen molar-refractivity contribution in [3.05, 3.63) is 60.4 Å².